The quantitative estimate of drug-likeness (QED) is 0.152. The zero-order chi connectivity index (χ0) is 44.3. The van der Waals surface area contributed by atoms with Gasteiger partial charge in [-0.25, -0.2) is 0 Å². The van der Waals surface area contributed by atoms with Gasteiger partial charge in [0.1, 0.15) is 11.2 Å². The minimum Gasteiger partial charge on any atom is -0.455 e. The van der Waals surface area contributed by atoms with Gasteiger partial charge in [0.2, 0.25) is 0 Å². The van der Waals surface area contributed by atoms with Crippen LogP contribution in [0.25, 0.3) is 105 Å². The maximum absolute atomic E-state index is 6.46. The molecule has 0 amide bonds. The lowest BCUT2D eigenvalue weighted by Crippen LogP contribution is -2.11. The van der Waals surface area contributed by atoms with Gasteiger partial charge in [-0.05, 0) is 99.3 Å². The molecule has 0 aliphatic heterocycles. The molecule has 0 bridgehead atoms. The van der Waals surface area contributed by atoms with Crippen molar-refractivity contribution in [3.05, 3.63) is 255 Å². The van der Waals surface area contributed by atoms with Crippen LogP contribution in [-0.2, 0) is 0 Å². The Morgan fingerprint density at radius 3 is 1.61 bits per heavy atom. The third kappa shape index (κ3) is 6.51. The van der Waals surface area contributed by atoms with Crippen molar-refractivity contribution in [2.75, 3.05) is 4.90 Å². The molecule has 0 saturated heterocycles. The molecule has 3 heteroatoms. The predicted octanol–water partition coefficient (Wildman–Crippen LogP) is 18.0. The van der Waals surface area contributed by atoms with Crippen LogP contribution in [0.5, 0.6) is 0 Å². The van der Waals surface area contributed by atoms with Gasteiger partial charge in [-0.3, -0.25) is 0 Å². The zero-order valence-electron chi connectivity index (χ0n) is 36.6. The lowest BCUT2D eigenvalue weighted by Gasteiger charge is -2.29. The summed E-state index contributed by atoms with van der Waals surface area (Å²) in [6.45, 7) is 0. The standard InChI is InChI=1S/C64H42N2O/c1-2-20-50-44(16-1)17-14-26-51(50)45-36-40-49(41-37-45)65(48-38-34-43(35-39-48)46-18-13-19-47(42-46)52-27-15-28-58-57-25-7-12-33-63(57)67-64(52)58)59-29-8-3-21-53(59)54-22-4-9-30-60(54)66-61-31-10-5-23-55(61)56-24-6-11-32-62(56)66/h1-42H. The van der Waals surface area contributed by atoms with Crippen LogP contribution in [0.3, 0.4) is 0 Å². The maximum Gasteiger partial charge on any atom is 0.143 e. The summed E-state index contributed by atoms with van der Waals surface area (Å²) in [5, 5.41) is 7.23. The van der Waals surface area contributed by atoms with Crippen molar-refractivity contribution in [1.82, 2.24) is 4.57 Å². The Bertz CT molecular complexity index is 3930. The lowest BCUT2D eigenvalue weighted by atomic mass is 9.96. The highest BCUT2D eigenvalue weighted by atomic mass is 16.3. The van der Waals surface area contributed by atoms with Gasteiger partial charge in [0.25, 0.3) is 0 Å². The molecular weight excluding hydrogens is 813 g/mol. The summed E-state index contributed by atoms with van der Waals surface area (Å²) in [5.74, 6) is 0. The van der Waals surface area contributed by atoms with Crippen LogP contribution in [0.1, 0.15) is 0 Å². The molecule has 13 aromatic rings. The molecule has 0 atom stereocenters. The Balaban J connectivity index is 0.948. The van der Waals surface area contributed by atoms with Crippen LogP contribution in [0.4, 0.5) is 17.1 Å². The van der Waals surface area contributed by atoms with E-state index in [-0.39, 0.29) is 0 Å². The molecular formula is C64H42N2O. The van der Waals surface area contributed by atoms with E-state index in [2.05, 4.69) is 252 Å². The molecule has 0 saturated carbocycles. The van der Waals surface area contributed by atoms with E-state index < -0.39 is 0 Å². The van der Waals surface area contributed by atoms with Gasteiger partial charge in [0.05, 0.1) is 22.4 Å². The smallest absolute Gasteiger partial charge is 0.143 e. The lowest BCUT2D eigenvalue weighted by molar-refractivity contribution is 0.670. The summed E-state index contributed by atoms with van der Waals surface area (Å²) >= 11 is 0. The molecule has 3 nitrogen and oxygen atoms in total. The number of nitrogens with zero attached hydrogens (tertiary/aromatic N) is 2. The van der Waals surface area contributed by atoms with Crippen molar-refractivity contribution < 1.29 is 4.42 Å². The normalized spacial score (nSPS) is 11.6. The summed E-state index contributed by atoms with van der Waals surface area (Å²) in [6.07, 6.45) is 0. The first-order valence-corrected chi connectivity index (χ1v) is 22.9. The molecule has 0 spiro atoms. The van der Waals surface area contributed by atoms with E-state index in [9.17, 15) is 0 Å². The predicted molar refractivity (Wildman–Crippen MR) is 282 cm³/mol. The third-order valence-corrected chi connectivity index (χ3v) is 13.4. The highest BCUT2D eigenvalue weighted by Crippen LogP contribution is 2.45. The van der Waals surface area contributed by atoms with E-state index in [1.807, 2.05) is 12.1 Å². The summed E-state index contributed by atoms with van der Waals surface area (Å²) < 4.78 is 8.89. The largest absolute Gasteiger partial charge is 0.455 e. The fourth-order valence-electron chi connectivity index (χ4n) is 10.3. The van der Waals surface area contributed by atoms with Gasteiger partial charge in [0, 0.05) is 49.6 Å². The fourth-order valence-corrected chi connectivity index (χ4v) is 10.3. The Labute approximate surface area is 388 Å². The molecule has 11 aromatic carbocycles. The minimum absolute atomic E-state index is 0.904. The highest BCUT2D eigenvalue weighted by Gasteiger charge is 2.22. The number of para-hydroxylation sites is 6. The number of anilines is 3. The molecule has 0 N–H and O–H groups in total. The highest BCUT2D eigenvalue weighted by molar-refractivity contribution is 6.11. The maximum atomic E-state index is 6.46. The van der Waals surface area contributed by atoms with E-state index >= 15 is 0 Å². The van der Waals surface area contributed by atoms with E-state index in [0.29, 0.717) is 0 Å². The minimum atomic E-state index is 0.904. The zero-order valence-corrected chi connectivity index (χ0v) is 36.6. The van der Waals surface area contributed by atoms with Crippen molar-refractivity contribution in [2.24, 2.45) is 0 Å². The number of furan rings is 1. The second kappa shape index (κ2) is 16.0. The number of aromatic nitrogens is 1. The Kier molecular flexibility index (Phi) is 9.17. The molecule has 13 rings (SSSR count). The number of hydrogen-bond acceptors (Lipinski definition) is 2. The summed E-state index contributed by atoms with van der Waals surface area (Å²) in [4.78, 5) is 2.41. The van der Waals surface area contributed by atoms with Crippen molar-refractivity contribution in [3.63, 3.8) is 0 Å². The topological polar surface area (TPSA) is 21.3 Å². The number of hydrogen-bond donors (Lipinski definition) is 0. The molecule has 2 heterocycles. The molecule has 0 aliphatic rings. The van der Waals surface area contributed by atoms with Crippen LogP contribution in [-0.4, -0.2) is 4.57 Å². The van der Waals surface area contributed by atoms with Gasteiger partial charge >= 0.3 is 0 Å². The summed E-state index contributed by atoms with van der Waals surface area (Å²) in [7, 11) is 0. The molecule has 67 heavy (non-hydrogen) atoms. The second-order valence-electron chi connectivity index (χ2n) is 17.2. The van der Waals surface area contributed by atoms with Gasteiger partial charge in [0.15, 0.2) is 0 Å². The van der Waals surface area contributed by atoms with Gasteiger partial charge in [-0.15, -0.1) is 0 Å². The van der Waals surface area contributed by atoms with Crippen LogP contribution in [0.15, 0.2) is 259 Å². The van der Waals surface area contributed by atoms with E-state index in [1.54, 1.807) is 0 Å². The third-order valence-electron chi connectivity index (χ3n) is 13.4. The van der Waals surface area contributed by atoms with Crippen molar-refractivity contribution in [3.8, 4) is 50.2 Å². The summed E-state index contributed by atoms with van der Waals surface area (Å²) in [6, 6.07) is 91.9. The second-order valence-corrected chi connectivity index (χ2v) is 17.2. The monoisotopic (exact) mass is 854 g/mol. The van der Waals surface area contributed by atoms with Crippen molar-refractivity contribution in [1.29, 1.82) is 0 Å². The van der Waals surface area contributed by atoms with Crippen LogP contribution < -0.4 is 4.90 Å². The summed E-state index contributed by atoms with van der Waals surface area (Å²) in [5.41, 5.74) is 17.7. The SMILES string of the molecule is c1cc(-c2ccc(N(c3ccc(-c4cccc5ccccc45)cc3)c3ccccc3-c3ccccc3-n3c4ccccc4c4ccccc43)cc2)cc(-c2cccc3c2oc2ccccc23)c1. The Morgan fingerprint density at radius 2 is 0.836 bits per heavy atom. The molecule has 0 unspecified atom stereocenters. The molecule has 314 valence electrons. The van der Waals surface area contributed by atoms with Gasteiger partial charge in [-0.1, -0.05) is 194 Å². The molecule has 0 aliphatic carbocycles. The number of rotatable bonds is 8. The van der Waals surface area contributed by atoms with Crippen molar-refractivity contribution >= 4 is 71.6 Å². The van der Waals surface area contributed by atoms with Gasteiger partial charge in [-0.2, -0.15) is 0 Å². The number of benzene rings is 11. The average molecular weight is 855 g/mol. The van der Waals surface area contributed by atoms with E-state index in [4.69, 9.17) is 4.42 Å². The average Bonchev–Trinajstić information content (AvgIpc) is 3.95. The number of fused-ring (bicyclic) bond motifs is 7. The van der Waals surface area contributed by atoms with Crippen LogP contribution in [0, 0.1) is 0 Å². The fraction of sp³-hybridized carbons (Fsp3) is 0. The van der Waals surface area contributed by atoms with Crippen molar-refractivity contribution in [2.45, 2.75) is 0 Å². The van der Waals surface area contributed by atoms with E-state index in [0.717, 1.165) is 78.1 Å². The molecule has 0 fully saturated rings. The first-order valence-electron chi connectivity index (χ1n) is 22.9. The van der Waals surface area contributed by atoms with Gasteiger partial charge < -0.3 is 13.9 Å². The van der Waals surface area contributed by atoms with E-state index in [1.165, 1.54) is 43.7 Å². The molecule has 2 aromatic heterocycles. The first kappa shape index (κ1) is 38.5. The van der Waals surface area contributed by atoms with Crippen LogP contribution in [0.2, 0.25) is 0 Å². The molecule has 0 radical (unpaired) electrons. The Morgan fingerprint density at radius 1 is 0.313 bits per heavy atom. The first-order chi connectivity index (χ1) is 33.2. The Hall–Kier alpha value is -8.92. The van der Waals surface area contributed by atoms with Crippen LogP contribution >= 0.6 is 0 Å².